The van der Waals surface area contributed by atoms with Crippen molar-refractivity contribution >= 4 is 0 Å². The van der Waals surface area contributed by atoms with E-state index < -0.39 is 11.6 Å². The Morgan fingerprint density at radius 2 is 2.14 bits per heavy atom. The summed E-state index contributed by atoms with van der Waals surface area (Å²) in [7, 11) is 1.90. The lowest BCUT2D eigenvalue weighted by Gasteiger charge is -2.01. The van der Waals surface area contributed by atoms with E-state index in [0.29, 0.717) is 11.8 Å². The minimum absolute atomic E-state index is 0.414. The summed E-state index contributed by atoms with van der Waals surface area (Å²) < 4.78 is 25.5. The Bertz CT molecular complexity index is 338. The highest BCUT2D eigenvalue weighted by molar-refractivity contribution is 5.27. The maximum absolute atomic E-state index is 12.9. The third-order valence-corrected chi connectivity index (χ3v) is 2.76. The molecule has 1 aromatic rings. The molecule has 1 aromatic carbocycles. The highest BCUT2D eigenvalue weighted by Gasteiger charge is 2.37. The first-order chi connectivity index (χ1) is 6.72. The van der Waals surface area contributed by atoms with Gasteiger partial charge in [0.25, 0.3) is 0 Å². The largest absolute Gasteiger partial charge is 0.319 e. The maximum Gasteiger partial charge on any atom is 0.159 e. The summed E-state index contributed by atoms with van der Waals surface area (Å²) in [4.78, 5) is 0. The summed E-state index contributed by atoms with van der Waals surface area (Å²) in [6.07, 6.45) is 1.08. The molecule has 0 aliphatic heterocycles. The monoisotopic (exact) mass is 197 g/mol. The molecule has 1 N–H and O–H groups in total. The minimum Gasteiger partial charge on any atom is -0.319 e. The van der Waals surface area contributed by atoms with Gasteiger partial charge in [-0.25, -0.2) is 8.78 Å². The van der Waals surface area contributed by atoms with Crippen molar-refractivity contribution in [2.24, 2.45) is 5.92 Å². The average molecular weight is 197 g/mol. The zero-order valence-corrected chi connectivity index (χ0v) is 8.06. The minimum atomic E-state index is -0.764. The number of rotatable bonds is 3. The standard InChI is InChI=1S/C11H13F2N/c1-14-6-8-4-9(8)7-2-3-10(12)11(13)5-7/h2-3,5,8-9,14H,4,6H2,1H3. The van der Waals surface area contributed by atoms with E-state index in [1.807, 2.05) is 7.05 Å². The van der Waals surface area contributed by atoms with Gasteiger partial charge in [0.1, 0.15) is 0 Å². The summed E-state index contributed by atoms with van der Waals surface area (Å²) >= 11 is 0. The lowest BCUT2D eigenvalue weighted by atomic mass is 10.1. The Kier molecular flexibility index (Phi) is 2.50. The van der Waals surface area contributed by atoms with E-state index in [1.165, 1.54) is 12.1 Å². The third kappa shape index (κ3) is 1.77. The molecule has 0 spiro atoms. The van der Waals surface area contributed by atoms with E-state index in [4.69, 9.17) is 0 Å². The fourth-order valence-electron chi connectivity index (χ4n) is 1.89. The Morgan fingerprint density at radius 1 is 1.36 bits per heavy atom. The highest BCUT2D eigenvalue weighted by atomic mass is 19.2. The Morgan fingerprint density at radius 3 is 2.79 bits per heavy atom. The number of hydrogen-bond acceptors (Lipinski definition) is 1. The van der Waals surface area contributed by atoms with Crippen molar-refractivity contribution in [3.8, 4) is 0 Å². The third-order valence-electron chi connectivity index (χ3n) is 2.76. The Hall–Kier alpha value is -0.960. The summed E-state index contributed by atoms with van der Waals surface area (Å²) in [5.41, 5.74) is 0.921. The number of halogens is 2. The van der Waals surface area contributed by atoms with E-state index in [2.05, 4.69) is 5.32 Å². The van der Waals surface area contributed by atoms with Gasteiger partial charge >= 0.3 is 0 Å². The molecule has 2 unspecified atom stereocenters. The molecular weight excluding hydrogens is 184 g/mol. The van der Waals surface area contributed by atoms with Crippen LogP contribution in [0.15, 0.2) is 18.2 Å². The first-order valence-corrected chi connectivity index (χ1v) is 4.82. The van der Waals surface area contributed by atoms with Gasteiger partial charge in [-0.05, 0) is 49.5 Å². The molecule has 3 heteroatoms. The fourth-order valence-corrected chi connectivity index (χ4v) is 1.89. The molecule has 1 nitrogen and oxygen atoms in total. The van der Waals surface area contributed by atoms with E-state index in [9.17, 15) is 8.78 Å². The SMILES string of the molecule is CNCC1CC1c1ccc(F)c(F)c1. The van der Waals surface area contributed by atoms with Crippen LogP contribution in [0.5, 0.6) is 0 Å². The van der Waals surface area contributed by atoms with Crippen LogP contribution in [0.1, 0.15) is 17.9 Å². The van der Waals surface area contributed by atoms with Crippen molar-refractivity contribution in [1.29, 1.82) is 0 Å². The van der Waals surface area contributed by atoms with Crippen LogP contribution in [0.4, 0.5) is 8.78 Å². The molecule has 0 radical (unpaired) electrons. The first-order valence-electron chi connectivity index (χ1n) is 4.82. The van der Waals surface area contributed by atoms with Crippen molar-refractivity contribution in [1.82, 2.24) is 5.32 Å². The van der Waals surface area contributed by atoms with Crippen LogP contribution in [-0.4, -0.2) is 13.6 Å². The summed E-state index contributed by atoms with van der Waals surface area (Å²) in [6, 6.07) is 4.20. The second-order valence-corrected chi connectivity index (χ2v) is 3.83. The van der Waals surface area contributed by atoms with E-state index >= 15 is 0 Å². The molecule has 14 heavy (non-hydrogen) atoms. The number of nitrogens with one attached hydrogen (secondary N) is 1. The Balaban J connectivity index is 2.08. The van der Waals surface area contributed by atoms with Gasteiger partial charge in [-0.15, -0.1) is 0 Å². The molecule has 0 amide bonds. The normalized spacial score (nSPS) is 25.1. The number of benzene rings is 1. The van der Waals surface area contributed by atoms with Gasteiger partial charge in [0.15, 0.2) is 11.6 Å². The molecule has 2 rings (SSSR count). The molecule has 0 saturated heterocycles. The Labute approximate surface area is 82.1 Å². The highest BCUT2D eigenvalue weighted by Crippen LogP contribution is 2.47. The maximum atomic E-state index is 12.9. The predicted octanol–water partition coefficient (Wildman–Crippen LogP) is 2.29. The molecule has 1 aliphatic rings. The summed E-state index contributed by atoms with van der Waals surface area (Å²) in [5.74, 6) is -0.500. The lowest BCUT2D eigenvalue weighted by molar-refractivity contribution is 0.506. The molecule has 76 valence electrons. The molecule has 1 fully saturated rings. The van der Waals surface area contributed by atoms with Gasteiger partial charge in [-0.1, -0.05) is 6.07 Å². The van der Waals surface area contributed by atoms with Crippen LogP contribution < -0.4 is 5.32 Å². The van der Waals surface area contributed by atoms with Crippen LogP contribution >= 0.6 is 0 Å². The van der Waals surface area contributed by atoms with Crippen molar-refractivity contribution in [2.75, 3.05) is 13.6 Å². The fraction of sp³-hybridized carbons (Fsp3) is 0.455. The van der Waals surface area contributed by atoms with Gasteiger partial charge in [-0.2, -0.15) is 0 Å². The van der Waals surface area contributed by atoms with Crippen molar-refractivity contribution < 1.29 is 8.78 Å². The van der Waals surface area contributed by atoms with Crippen LogP contribution in [0, 0.1) is 17.6 Å². The molecular formula is C11H13F2N. The van der Waals surface area contributed by atoms with Gasteiger partial charge in [0.05, 0.1) is 0 Å². The van der Waals surface area contributed by atoms with Gasteiger partial charge < -0.3 is 5.32 Å². The first kappa shape index (κ1) is 9.59. The van der Waals surface area contributed by atoms with Crippen LogP contribution in [0.3, 0.4) is 0 Å². The number of hydrogen-bond donors (Lipinski definition) is 1. The second kappa shape index (κ2) is 3.65. The van der Waals surface area contributed by atoms with Crippen LogP contribution in [0.25, 0.3) is 0 Å². The van der Waals surface area contributed by atoms with Crippen LogP contribution in [-0.2, 0) is 0 Å². The zero-order chi connectivity index (χ0) is 10.1. The smallest absolute Gasteiger partial charge is 0.159 e. The van der Waals surface area contributed by atoms with E-state index in [0.717, 1.165) is 18.5 Å². The van der Waals surface area contributed by atoms with Crippen molar-refractivity contribution in [2.45, 2.75) is 12.3 Å². The molecule has 2 atom stereocenters. The van der Waals surface area contributed by atoms with Crippen LogP contribution in [0.2, 0.25) is 0 Å². The van der Waals surface area contributed by atoms with E-state index in [-0.39, 0.29) is 0 Å². The molecule has 0 aromatic heterocycles. The van der Waals surface area contributed by atoms with Gasteiger partial charge in [0.2, 0.25) is 0 Å². The van der Waals surface area contributed by atoms with E-state index in [1.54, 1.807) is 6.07 Å². The molecule has 1 aliphatic carbocycles. The van der Waals surface area contributed by atoms with Crippen molar-refractivity contribution in [3.05, 3.63) is 35.4 Å². The molecule has 0 heterocycles. The molecule has 0 bridgehead atoms. The predicted molar refractivity (Wildman–Crippen MR) is 51.1 cm³/mol. The topological polar surface area (TPSA) is 12.0 Å². The second-order valence-electron chi connectivity index (χ2n) is 3.83. The zero-order valence-electron chi connectivity index (χ0n) is 8.06. The molecule has 1 saturated carbocycles. The van der Waals surface area contributed by atoms with Gasteiger partial charge in [0, 0.05) is 0 Å². The quantitative estimate of drug-likeness (QED) is 0.784. The lowest BCUT2D eigenvalue weighted by Crippen LogP contribution is -2.10. The summed E-state index contributed by atoms with van der Waals surface area (Å²) in [5, 5.41) is 3.09. The summed E-state index contributed by atoms with van der Waals surface area (Å²) in [6.45, 7) is 0.948. The van der Waals surface area contributed by atoms with Crippen molar-refractivity contribution in [3.63, 3.8) is 0 Å². The average Bonchev–Trinajstić information content (AvgIpc) is 2.90. The van der Waals surface area contributed by atoms with Gasteiger partial charge in [-0.3, -0.25) is 0 Å².